The van der Waals surface area contributed by atoms with E-state index < -0.39 is 17.7 Å². The number of carboxylic acids is 1. The highest BCUT2D eigenvalue weighted by molar-refractivity contribution is 5.92. The number of hydrogen-bond donors (Lipinski definition) is 2. The van der Waals surface area contributed by atoms with Crippen molar-refractivity contribution in [3.63, 3.8) is 0 Å². The van der Waals surface area contributed by atoms with Crippen molar-refractivity contribution in [2.24, 2.45) is 0 Å². The Balaban J connectivity index is 2.35. The molecule has 0 bridgehead atoms. The van der Waals surface area contributed by atoms with Crippen LogP contribution < -0.4 is 5.32 Å². The molecule has 0 aliphatic rings. The van der Waals surface area contributed by atoms with Gasteiger partial charge in [0, 0.05) is 12.4 Å². The van der Waals surface area contributed by atoms with Gasteiger partial charge in [0.05, 0.1) is 23.3 Å². The third kappa shape index (κ3) is 3.85. The summed E-state index contributed by atoms with van der Waals surface area (Å²) in [6, 6.07) is 4.38. The Hall–Kier alpha value is -2.83. The van der Waals surface area contributed by atoms with E-state index in [2.05, 4.69) is 10.3 Å². The lowest BCUT2D eigenvalue weighted by Crippen LogP contribution is -2.27. The number of aromatic carboxylic acids is 1. The molecule has 1 amide bonds. The monoisotopic (exact) mass is 303 g/mol. The molecule has 7 heteroatoms. The van der Waals surface area contributed by atoms with Crippen LogP contribution in [0.3, 0.4) is 0 Å². The maximum absolute atomic E-state index is 11.9. The summed E-state index contributed by atoms with van der Waals surface area (Å²) in [5.74, 6) is -1.05. The number of amides is 1. The Bertz CT molecular complexity index is 687. The second kappa shape index (κ2) is 5.88. The van der Waals surface area contributed by atoms with Gasteiger partial charge in [-0.2, -0.15) is 0 Å². The normalized spacial score (nSPS) is 11.0. The number of benzene rings is 1. The number of anilines is 1. The fourth-order valence-electron chi connectivity index (χ4n) is 1.80. The number of aromatic nitrogens is 2. The minimum Gasteiger partial charge on any atom is -0.478 e. The van der Waals surface area contributed by atoms with Crippen LogP contribution in [0.4, 0.5) is 10.5 Å². The van der Waals surface area contributed by atoms with Gasteiger partial charge in [-0.25, -0.2) is 14.6 Å². The van der Waals surface area contributed by atoms with Gasteiger partial charge in [0.2, 0.25) is 0 Å². The zero-order chi connectivity index (χ0) is 16.3. The number of imidazole rings is 1. The average molecular weight is 303 g/mol. The van der Waals surface area contributed by atoms with Gasteiger partial charge >= 0.3 is 12.1 Å². The minimum atomic E-state index is -1.05. The quantitative estimate of drug-likeness (QED) is 0.909. The van der Waals surface area contributed by atoms with E-state index in [0.29, 0.717) is 11.4 Å². The highest BCUT2D eigenvalue weighted by Crippen LogP contribution is 2.23. The van der Waals surface area contributed by atoms with Gasteiger partial charge in [-0.15, -0.1) is 0 Å². The summed E-state index contributed by atoms with van der Waals surface area (Å²) >= 11 is 0. The second-order valence-corrected chi connectivity index (χ2v) is 5.63. The Morgan fingerprint density at radius 3 is 2.59 bits per heavy atom. The summed E-state index contributed by atoms with van der Waals surface area (Å²) in [5.41, 5.74) is 0.402. The van der Waals surface area contributed by atoms with Gasteiger partial charge in [0.1, 0.15) is 5.60 Å². The second-order valence-electron chi connectivity index (χ2n) is 5.63. The van der Waals surface area contributed by atoms with Gasteiger partial charge in [-0.05, 0) is 39.0 Å². The number of nitrogens with zero attached hydrogens (tertiary/aromatic N) is 2. The topological polar surface area (TPSA) is 93.5 Å². The Morgan fingerprint density at radius 1 is 1.32 bits per heavy atom. The van der Waals surface area contributed by atoms with Gasteiger partial charge in [-0.3, -0.25) is 5.32 Å². The first-order valence-electron chi connectivity index (χ1n) is 6.62. The fourth-order valence-corrected chi connectivity index (χ4v) is 1.80. The Morgan fingerprint density at radius 2 is 2.05 bits per heavy atom. The molecule has 7 nitrogen and oxygen atoms in total. The third-order valence-electron chi connectivity index (χ3n) is 2.66. The van der Waals surface area contributed by atoms with E-state index in [1.807, 2.05) is 0 Å². The molecule has 0 aliphatic carbocycles. The van der Waals surface area contributed by atoms with Crippen molar-refractivity contribution in [1.29, 1.82) is 0 Å². The Labute approximate surface area is 127 Å². The fraction of sp³-hybridized carbons (Fsp3) is 0.267. The molecular weight excluding hydrogens is 286 g/mol. The molecule has 0 radical (unpaired) electrons. The summed E-state index contributed by atoms with van der Waals surface area (Å²) in [6.45, 7) is 5.28. The molecule has 0 aliphatic heterocycles. The summed E-state index contributed by atoms with van der Waals surface area (Å²) in [4.78, 5) is 26.9. The van der Waals surface area contributed by atoms with Crippen molar-refractivity contribution in [3.05, 3.63) is 42.5 Å². The summed E-state index contributed by atoms with van der Waals surface area (Å²) in [7, 11) is 0. The zero-order valence-electron chi connectivity index (χ0n) is 12.5. The number of rotatable bonds is 3. The lowest BCUT2D eigenvalue weighted by molar-refractivity contribution is 0.0634. The lowest BCUT2D eigenvalue weighted by atomic mass is 10.1. The van der Waals surface area contributed by atoms with E-state index in [1.54, 1.807) is 37.7 Å². The van der Waals surface area contributed by atoms with Crippen molar-refractivity contribution in [1.82, 2.24) is 9.55 Å². The van der Waals surface area contributed by atoms with Crippen LogP contribution in [0.1, 0.15) is 31.1 Å². The van der Waals surface area contributed by atoms with Crippen molar-refractivity contribution >= 4 is 17.7 Å². The first-order chi connectivity index (χ1) is 10.3. The largest absolute Gasteiger partial charge is 0.478 e. The van der Waals surface area contributed by atoms with Crippen LogP contribution in [0.5, 0.6) is 0 Å². The minimum absolute atomic E-state index is 0.110. The maximum Gasteiger partial charge on any atom is 0.412 e. The van der Waals surface area contributed by atoms with Gasteiger partial charge in [0.25, 0.3) is 0 Å². The van der Waals surface area contributed by atoms with Crippen LogP contribution in [-0.4, -0.2) is 32.3 Å². The molecule has 0 saturated carbocycles. The van der Waals surface area contributed by atoms with Crippen LogP contribution in [0.15, 0.2) is 36.9 Å². The molecule has 1 heterocycles. The number of carbonyl (C=O) groups excluding carboxylic acids is 1. The first-order valence-corrected chi connectivity index (χ1v) is 6.62. The van der Waals surface area contributed by atoms with E-state index in [9.17, 15) is 9.59 Å². The van der Waals surface area contributed by atoms with Gasteiger partial charge < -0.3 is 14.4 Å². The molecule has 1 aromatic heterocycles. The highest BCUT2D eigenvalue weighted by atomic mass is 16.6. The summed E-state index contributed by atoms with van der Waals surface area (Å²) in [5, 5.41) is 11.7. The third-order valence-corrected chi connectivity index (χ3v) is 2.66. The standard InChI is InChI=1S/C15H17N3O4/c1-15(2,3)22-14(21)17-11-5-4-10(13(19)20)8-12(11)18-7-6-16-9-18/h4-9H,1-3H3,(H,17,21)(H,19,20). The van der Waals surface area contributed by atoms with Crippen molar-refractivity contribution in [3.8, 4) is 5.69 Å². The number of nitrogens with one attached hydrogen (secondary N) is 1. The number of hydrogen-bond acceptors (Lipinski definition) is 4. The van der Waals surface area contributed by atoms with Crippen LogP contribution in [0.2, 0.25) is 0 Å². The molecule has 0 fully saturated rings. The van der Waals surface area contributed by atoms with E-state index in [1.165, 1.54) is 24.5 Å². The molecule has 0 atom stereocenters. The molecule has 0 unspecified atom stereocenters. The van der Waals surface area contributed by atoms with E-state index >= 15 is 0 Å². The molecule has 116 valence electrons. The number of carboxylic acid groups (broad SMARTS) is 1. The van der Waals surface area contributed by atoms with Crippen LogP contribution in [-0.2, 0) is 4.74 Å². The number of ether oxygens (including phenoxy) is 1. The predicted octanol–water partition coefficient (Wildman–Crippen LogP) is 2.92. The van der Waals surface area contributed by atoms with E-state index in [-0.39, 0.29) is 5.56 Å². The predicted molar refractivity (Wildman–Crippen MR) is 80.4 cm³/mol. The molecule has 22 heavy (non-hydrogen) atoms. The lowest BCUT2D eigenvalue weighted by Gasteiger charge is -2.20. The maximum atomic E-state index is 11.9. The molecule has 0 spiro atoms. The molecule has 1 aromatic carbocycles. The van der Waals surface area contributed by atoms with E-state index in [0.717, 1.165) is 0 Å². The smallest absolute Gasteiger partial charge is 0.412 e. The molecule has 2 rings (SSSR count). The SMILES string of the molecule is CC(C)(C)OC(=O)Nc1ccc(C(=O)O)cc1-n1ccnc1. The Kier molecular flexibility index (Phi) is 4.16. The van der Waals surface area contributed by atoms with Crippen molar-refractivity contribution in [2.75, 3.05) is 5.32 Å². The molecular formula is C15H17N3O4. The molecule has 2 N–H and O–H groups in total. The van der Waals surface area contributed by atoms with Gasteiger partial charge in [-0.1, -0.05) is 0 Å². The summed E-state index contributed by atoms with van der Waals surface area (Å²) < 4.78 is 6.81. The number of carbonyl (C=O) groups is 2. The molecule has 0 saturated heterocycles. The first kappa shape index (κ1) is 15.6. The van der Waals surface area contributed by atoms with Crippen LogP contribution >= 0.6 is 0 Å². The van der Waals surface area contributed by atoms with Crippen LogP contribution in [0, 0.1) is 0 Å². The molecule has 2 aromatic rings. The highest BCUT2D eigenvalue weighted by Gasteiger charge is 2.18. The van der Waals surface area contributed by atoms with Gasteiger partial charge in [0.15, 0.2) is 0 Å². The summed E-state index contributed by atoms with van der Waals surface area (Å²) in [6.07, 6.45) is 4.12. The van der Waals surface area contributed by atoms with Crippen molar-refractivity contribution in [2.45, 2.75) is 26.4 Å². The van der Waals surface area contributed by atoms with E-state index in [4.69, 9.17) is 9.84 Å². The zero-order valence-corrected chi connectivity index (χ0v) is 12.5. The van der Waals surface area contributed by atoms with Crippen molar-refractivity contribution < 1.29 is 19.4 Å². The van der Waals surface area contributed by atoms with Crippen LogP contribution in [0.25, 0.3) is 5.69 Å². The average Bonchev–Trinajstić information content (AvgIpc) is 2.90.